The van der Waals surface area contributed by atoms with Gasteiger partial charge in [-0.25, -0.2) is 12.8 Å². The molecule has 0 radical (unpaired) electrons. The molecule has 2 aromatic carbocycles. The first-order valence-electron chi connectivity index (χ1n) is 10.3. The van der Waals surface area contributed by atoms with Crippen LogP contribution in [0.5, 0.6) is 0 Å². The van der Waals surface area contributed by atoms with Crippen LogP contribution in [0.4, 0.5) is 10.1 Å². The molecule has 160 valence electrons. The fraction of sp³-hybridized carbons (Fsp3) is 0.409. The predicted octanol–water partition coefficient (Wildman–Crippen LogP) is 3.33. The number of likely N-dealkylation sites (tertiary alicyclic amines) is 2. The largest absolute Gasteiger partial charge is 0.334 e. The number of amides is 1. The molecule has 2 aromatic rings. The summed E-state index contributed by atoms with van der Waals surface area (Å²) in [5.41, 5.74) is 0.354. The van der Waals surface area contributed by atoms with Gasteiger partial charge < -0.3 is 9.80 Å². The summed E-state index contributed by atoms with van der Waals surface area (Å²) in [4.78, 5) is 17.3. The van der Waals surface area contributed by atoms with Crippen LogP contribution in [0.25, 0.3) is 0 Å². The van der Waals surface area contributed by atoms with Crippen molar-refractivity contribution in [2.24, 2.45) is 0 Å². The third kappa shape index (κ3) is 4.49. The van der Waals surface area contributed by atoms with E-state index in [-0.39, 0.29) is 22.5 Å². The van der Waals surface area contributed by atoms with Crippen LogP contribution in [0, 0.1) is 5.82 Å². The van der Waals surface area contributed by atoms with Gasteiger partial charge in [0.05, 0.1) is 10.6 Å². The van der Waals surface area contributed by atoms with Gasteiger partial charge >= 0.3 is 0 Å². The van der Waals surface area contributed by atoms with E-state index in [1.165, 1.54) is 55.3 Å². The summed E-state index contributed by atoms with van der Waals surface area (Å²) in [5, 5.41) is 0. The van der Waals surface area contributed by atoms with Gasteiger partial charge in [0.15, 0.2) is 0 Å². The van der Waals surface area contributed by atoms with Gasteiger partial charge in [0.2, 0.25) is 0 Å². The highest BCUT2D eigenvalue weighted by molar-refractivity contribution is 7.92. The summed E-state index contributed by atoms with van der Waals surface area (Å²) in [6.07, 6.45) is 4.43. The summed E-state index contributed by atoms with van der Waals surface area (Å²) < 4.78 is 41.1. The van der Waals surface area contributed by atoms with Gasteiger partial charge in [-0.15, -0.1) is 0 Å². The zero-order chi connectivity index (χ0) is 21.1. The Morgan fingerprint density at radius 2 is 1.70 bits per heavy atom. The summed E-state index contributed by atoms with van der Waals surface area (Å²) in [5.74, 6) is -0.714. The van der Waals surface area contributed by atoms with Gasteiger partial charge in [0.25, 0.3) is 15.9 Å². The third-order valence-corrected chi connectivity index (χ3v) is 7.22. The zero-order valence-corrected chi connectivity index (χ0v) is 17.6. The number of halogens is 1. The third-order valence-electron chi connectivity index (χ3n) is 5.84. The first-order valence-corrected chi connectivity index (χ1v) is 11.8. The first kappa shape index (κ1) is 20.8. The molecule has 1 unspecified atom stereocenters. The highest BCUT2D eigenvalue weighted by Gasteiger charge is 2.31. The Kier molecular flexibility index (Phi) is 6.06. The number of benzene rings is 2. The molecule has 4 rings (SSSR count). The Balaban J connectivity index is 1.46. The van der Waals surface area contributed by atoms with E-state index in [4.69, 9.17) is 0 Å². The Hall–Kier alpha value is -2.45. The predicted molar refractivity (Wildman–Crippen MR) is 113 cm³/mol. The average molecular weight is 432 g/mol. The lowest BCUT2D eigenvalue weighted by Gasteiger charge is -2.28. The van der Waals surface area contributed by atoms with Crippen molar-refractivity contribution in [2.45, 2.75) is 36.6 Å². The van der Waals surface area contributed by atoms with Gasteiger partial charge in [-0.2, -0.15) is 0 Å². The maximum Gasteiger partial charge on any atom is 0.261 e. The van der Waals surface area contributed by atoms with Crippen molar-refractivity contribution in [1.29, 1.82) is 0 Å². The maximum absolute atomic E-state index is 13.8. The second-order valence-electron chi connectivity index (χ2n) is 7.91. The molecule has 0 spiro atoms. The Morgan fingerprint density at radius 3 is 2.40 bits per heavy atom. The number of sulfonamides is 1. The molecule has 0 saturated carbocycles. The normalized spacial score (nSPS) is 19.9. The molecule has 2 aliphatic rings. The highest BCUT2D eigenvalue weighted by Crippen LogP contribution is 2.24. The smallest absolute Gasteiger partial charge is 0.261 e. The van der Waals surface area contributed by atoms with E-state index in [1.807, 2.05) is 4.90 Å². The fourth-order valence-corrected chi connectivity index (χ4v) is 5.31. The molecule has 2 saturated heterocycles. The molecule has 2 fully saturated rings. The van der Waals surface area contributed by atoms with Crippen LogP contribution in [-0.4, -0.2) is 56.3 Å². The quantitative estimate of drug-likeness (QED) is 0.762. The van der Waals surface area contributed by atoms with Crippen molar-refractivity contribution in [1.82, 2.24) is 9.80 Å². The average Bonchev–Trinajstić information content (AvgIpc) is 3.42. The van der Waals surface area contributed by atoms with Crippen LogP contribution in [0.3, 0.4) is 0 Å². The summed E-state index contributed by atoms with van der Waals surface area (Å²) >= 11 is 0. The minimum atomic E-state index is -3.95. The van der Waals surface area contributed by atoms with Gasteiger partial charge in [0, 0.05) is 24.7 Å². The molecule has 1 amide bonds. The van der Waals surface area contributed by atoms with Crippen LogP contribution >= 0.6 is 0 Å². The molecular formula is C22H26FN3O3S. The summed E-state index contributed by atoms with van der Waals surface area (Å²) in [6.45, 7) is 3.83. The fourth-order valence-electron chi connectivity index (χ4n) is 4.25. The standard InChI is InChI=1S/C22H26FN3O3S/c23-20-7-1-2-8-21(20)24-30(28,29)19-11-9-17(10-12-19)22(27)26-15-5-6-18(26)16-25-13-3-4-14-25/h1-2,7-12,18,24H,3-6,13-16H2. The highest BCUT2D eigenvalue weighted by atomic mass is 32.2. The topological polar surface area (TPSA) is 69.7 Å². The van der Waals surface area contributed by atoms with Gasteiger partial charge in [-0.1, -0.05) is 12.1 Å². The van der Waals surface area contributed by atoms with Crippen molar-refractivity contribution in [3.63, 3.8) is 0 Å². The van der Waals surface area contributed by atoms with Crippen molar-refractivity contribution >= 4 is 21.6 Å². The van der Waals surface area contributed by atoms with E-state index in [2.05, 4.69) is 9.62 Å². The molecule has 30 heavy (non-hydrogen) atoms. The number of hydrogen-bond acceptors (Lipinski definition) is 4. The molecule has 1 atom stereocenters. The number of hydrogen-bond donors (Lipinski definition) is 1. The Bertz CT molecular complexity index is 1000. The van der Waals surface area contributed by atoms with Crippen LogP contribution in [0.15, 0.2) is 53.4 Å². The molecule has 8 heteroatoms. The van der Waals surface area contributed by atoms with E-state index >= 15 is 0 Å². The van der Waals surface area contributed by atoms with E-state index in [0.717, 1.165) is 39.0 Å². The second-order valence-corrected chi connectivity index (χ2v) is 9.59. The Labute approximate surface area is 176 Å². The molecule has 2 heterocycles. The summed E-state index contributed by atoms with van der Waals surface area (Å²) in [6, 6.07) is 11.6. The number of anilines is 1. The number of para-hydroxylation sites is 1. The monoisotopic (exact) mass is 431 g/mol. The van der Waals surface area contributed by atoms with E-state index < -0.39 is 15.8 Å². The SMILES string of the molecule is O=C(c1ccc(S(=O)(=O)Nc2ccccc2F)cc1)N1CCCC1CN1CCCC1. The molecule has 0 aromatic heterocycles. The van der Waals surface area contributed by atoms with E-state index in [1.54, 1.807) is 6.07 Å². The zero-order valence-electron chi connectivity index (χ0n) is 16.8. The molecule has 1 N–H and O–H groups in total. The summed E-state index contributed by atoms with van der Waals surface area (Å²) in [7, 11) is -3.95. The van der Waals surface area contributed by atoms with Crippen molar-refractivity contribution in [3.05, 3.63) is 59.9 Å². The van der Waals surface area contributed by atoms with Gasteiger partial charge in [-0.05, 0) is 75.2 Å². The maximum atomic E-state index is 13.8. The lowest BCUT2D eigenvalue weighted by Crippen LogP contribution is -2.42. The van der Waals surface area contributed by atoms with Gasteiger partial charge in [-0.3, -0.25) is 9.52 Å². The number of nitrogens with one attached hydrogen (secondary N) is 1. The number of carbonyl (C=O) groups is 1. The molecular weight excluding hydrogens is 405 g/mol. The van der Waals surface area contributed by atoms with Crippen LogP contribution in [0.2, 0.25) is 0 Å². The molecule has 0 bridgehead atoms. The van der Waals surface area contributed by atoms with Gasteiger partial charge in [0.1, 0.15) is 5.82 Å². The van der Waals surface area contributed by atoms with E-state index in [9.17, 15) is 17.6 Å². The van der Waals surface area contributed by atoms with Crippen molar-refractivity contribution < 1.29 is 17.6 Å². The molecule has 6 nitrogen and oxygen atoms in total. The minimum Gasteiger partial charge on any atom is -0.334 e. The van der Waals surface area contributed by atoms with Crippen LogP contribution in [-0.2, 0) is 10.0 Å². The van der Waals surface area contributed by atoms with Crippen molar-refractivity contribution in [2.75, 3.05) is 30.9 Å². The minimum absolute atomic E-state index is 0.0164. The van der Waals surface area contributed by atoms with Crippen molar-refractivity contribution in [3.8, 4) is 0 Å². The van der Waals surface area contributed by atoms with Crippen LogP contribution in [0.1, 0.15) is 36.0 Å². The molecule has 0 aliphatic carbocycles. The number of carbonyl (C=O) groups excluding carboxylic acids is 1. The lowest BCUT2D eigenvalue weighted by molar-refractivity contribution is 0.0708. The molecule has 2 aliphatic heterocycles. The number of nitrogens with zero attached hydrogens (tertiary/aromatic N) is 2. The first-order chi connectivity index (χ1) is 14.4. The number of rotatable bonds is 6. The lowest BCUT2D eigenvalue weighted by atomic mass is 10.1. The second kappa shape index (κ2) is 8.73. The van der Waals surface area contributed by atoms with Crippen LogP contribution < -0.4 is 4.72 Å². The Morgan fingerprint density at radius 1 is 1.00 bits per heavy atom. The van der Waals surface area contributed by atoms with E-state index in [0.29, 0.717) is 5.56 Å².